The fourth-order valence-electron chi connectivity index (χ4n) is 3.88. The second kappa shape index (κ2) is 6.46. The van der Waals surface area contributed by atoms with Crippen LogP contribution in [0.3, 0.4) is 0 Å². The molecule has 0 radical (unpaired) electrons. The zero-order chi connectivity index (χ0) is 19.1. The standard InChI is InChI=1S/C23H18N2O2S/c26-28(27,23-7-3-5-18-4-1-2-6-21(18)23)25-15-12-20-16-19(8-9-22(20)25)17-10-13-24-14-11-17/h1-11,13-14,16H,12,15H2. The van der Waals surface area contributed by atoms with E-state index in [1.54, 1.807) is 28.8 Å². The van der Waals surface area contributed by atoms with Crippen molar-refractivity contribution < 1.29 is 8.42 Å². The van der Waals surface area contributed by atoms with Gasteiger partial charge in [0.25, 0.3) is 10.0 Å². The van der Waals surface area contributed by atoms with Crippen LogP contribution in [-0.2, 0) is 16.4 Å². The molecule has 3 aromatic carbocycles. The number of benzene rings is 3. The maximum Gasteiger partial charge on any atom is 0.264 e. The topological polar surface area (TPSA) is 50.3 Å². The van der Waals surface area contributed by atoms with Gasteiger partial charge in [0.1, 0.15) is 0 Å². The van der Waals surface area contributed by atoms with Crippen LogP contribution >= 0.6 is 0 Å². The van der Waals surface area contributed by atoms with Gasteiger partial charge in [0.2, 0.25) is 0 Å². The predicted octanol–water partition coefficient (Wildman–Crippen LogP) is 4.65. The van der Waals surface area contributed by atoms with E-state index in [4.69, 9.17) is 0 Å². The van der Waals surface area contributed by atoms with E-state index in [1.807, 2.05) is 54.6 Å². The van der Waals surface area contributed by atoms with Crippen LogP contribution < -0.4 is 4.31 Å². The Morgan fingerprint density at radius 3 is 2.46 bits per heavy atom. The molecule has 0 saturated heterocycles. The van der Waals surface area contributed by atoms with Crippen LogP contribution in [0.15, 0.2) is 90.1 Å². The van der Waals surface area contributed by atoms with Gasteiger partial charge in [-0.2, -0.15) is 0 Å². The van der Waals surface area contributed by atoms with Crippen molar-refractivity contribution >= 4 is 26.5 Å². The molecule has 5 heteroatoms. The zero-order valence-electron chi connectivity index (χ0n) is 15.1. The summed E-state index contributed by atoms with van der Waals surface area (Å²) >= 11 is 0. The maximum absolute atomic E-state index is 13.5. The molecule has 28 heavy (non-hydrogen) atoms. The number of anilines is 1. The minimum absolute atomic E-state index is 0.358. The van der Waals surface area contributed by atoms with E-state index in [-0.39, 0.29) is 0 Å². The molecule has 0 unspecified atom stereocenters. The van der Waals surface area contributed by atoms with Crippen molar-refractivity contribution in [3.8, 4) is 11.1 Å². The summed E-state index contributed by atoms with van der Waals surface area (Å²) in [6.45, 7) is 0.459. The van der Waals surface area contributed by atoms with Gasteiger partial charge < -0.3 is 0 Å². The molecule has 0 spiro atoms. The molecular weight excluding hydrogens is 368 g/mol. The van der Waals surface area contributed by atoms with Gasteiger partial charge in [0, 0.05) is 24.3 Å². The molecule has 4 aromatic rings. The zero-order valence-corrected chi connectivity index (χ0v) is 15.9. The van der Waals surface area contributed by atoms with Crippen molar-refractivity contribution in [3.63, 3.8) is 0 Å². The van der Waals surface area contributed by atoms with Gasteiger partial charge in [0.15, 0.2) is 0 Å². The van der Waals surface area contributed by atoms with Gasteiger partial charge in [-0.15, -0.1) is 0 Å². The van der Waals surface area contributed by atoms with Crippen molar-refractivity contribution in [3.05, 3.63) is 90.8 Å². The molecule has 0 amide bonds. The second-order valence-corrected chi connectivity index (χ2v) is 8.71. The quantitative estimate of drug-likeness (QED) is 0.515. The third-order valence-electron chi connectivity index (χ3n) is 5.26. The molecule has 0 bridgehead atoms. The van der Waals surface area contributed by atoms with E-state index >= 15 is 0 Å². The molecule has 5 rings (SSSR count). The molecule has 0 fully saturated rings. The molecule has 0 N–H and O–H groups in total. The Balaban J connectivity index is 1.59. The summed E-state index contributed by atoms with van der Waals surface area (Å²) in [5.74, 6) is 0. The Morgan fingerprint density at radius 1 is 0.821 bits per heavy atom. The minimum Gasteiger partial charge on any atom is -0.266 e. The molecule has 138 valence electrons. The van der Waals surface area contributed by atoms with Crippen LogP contribution in [0.2, 0.25) is 0 Å². The average molecular weight is 386 g/mol. The van der Waals surface area contributed by atoms with Crippen molar-refractivity contribution in [2.75, 3.05) is 10.8 Å². The lowest BCUT2D eigenvalue weighted by Gasteiger charge is -2.21. The molecule has 1 aromatic heterocycles. The lowest BCUT2D eigenvalue weighted by molar-refractivity contribution is 0.593. The number of hydrogen-bond donors (Lipinski definition) is 0. The first-order valence-electron chi connectivity index (χ1n) is 9.18. The van der Waals surface area contributed by atoms with Gasteiger partial charge in [-0.05, 0) is 58.8 Å². The largest absolute Gasteiger partial charge is 0.266 e. The number of rotatable bonds is 3. The van der Waals surface area contributed by atoms with Crippen LogP contribution in [0.25, 0.3) is 21.9 Å². The third kappa shape index (κ3) is 2.67. The summed E-state index contributed by atoms with van der Waals surface area (Å²) in [6.07, 6.45) is 4.23. The number of aromatic nitrogens is 1. The Bertz CT molecular complexity index is 1280. The summed E-state index contributed by atoms with van der Waals surface area (Å²) in [5, 5.41) is 1.68. The summed E-state index contributed by atoms with van der Waals surface area (Å²) in [5.41, 5.74) is 3.97. The first-order chi connectivity index (χ1) is 13.6. The van der Waals surface area contributed by atoms with E-state index in [1.165, 1.54) is 0 Å². The van der Waals surface area contributed by atoms with Crippen LogP contribution in [0.1, 0.15) is 5.56 Å². The monoisotopic (exact) mass is 386 g/mol. The number of hydrogen-bond acceptors (Lipinski definition) is 3. The maximum atomic E-state index is 13.5. The lowest BCUT2D eigenvalue weighted by Crippen LogP contribution is -2.29. The highest BCUT2D eigenvalue weighted by Gasteiger charge is 2.32. The Kier molecular flexibility index (Phi) is 3.91. The molecular formula is C23H18N2O2S. The van der Waals surface area contributed by atoms with Crippen molar-refractivity contribution in [2.45, 2.75) is 11.3 Å². The van der Waals surface area contributed by atoms with E-state index in [0.717, 1.165) is 33.2 Å². The number of fused-ring (bicyclic) bond motifs is 2. The second-order valence-electron chi connectivity index (χ2n) is 6.88. The SMILES string of the molecule is O=S(=O)(c1cccc2ccccc12)N1CCc2cc(-c3ccncc3)ccc21. The molecule has 0 saturated carbocycles. The Morgan fingerprint density at radius 2 is 1.61 bits per heavy atom. The Labute approximate surface area is 164 Å². The van der Waals surface area contributed by atoms with Crippen LogP contribution in [0, 0.1) is 0 Å². The predicted molar refractivity (Wildman–Crippen MR) is 112 cm³/mol. The first-order valence-corrected chi connectivity index (χ1v) is 10.6. The summed E-state index contributed by atoms with van der Waals surface area (Å²) in [6, 6.07) is 22.9. The highest BCUT2D eigenvalue weighted by molar-refractivity contribution is 7.93. The fourth-order valence-corrected chi connectivity index (χ4v) is 5.60. The first kappa shape index (κ1) is 17.0. The van der Waals surface area contributed by atoms with Crippen molar-refractivity contribution in [1.82, 2.24) is 4.98 Å². The van der Waals surface area contributed by atoms with Gasteiger partial charge in [-0.3, -0.25) is 9.29 Å². The number of sulfonamides is 1. The molecule has 1 aliphatic rings. The van der Waals surface area contributed by atoms with E-state index in [9.17, 15) is 8.42 Å². The average Bonchev–Trinajstić information content (AvgIpc) is 3.18. The van der Waals surface area contributed by atoms with Crippen LogP contribution in [0.4, 0.5) is 5.69 Å². The Hall–Kier alpha value is -3.18. The minimum atomic E-state index is -3.63. The van der Waals surface area contributed by atoms with Gasteiger partial charge in [0.05, 0.1) is 10.6 Å². The summed E-state index contributed by atoms with van der Waals surface area (Å²) in [4.78, 5) is 4.42. The third-order valence-corrected chi connectivity index (χ3v) is 7.14. The summed E-state index contributed by atoms with van der Waals surface area (Å²) < 4.78 is 28.5. The normalized spacial score (nSPS) is 13.6. The summed E-state index contributed by atoms with van der Waals surface area (Å²) in [7, 11) is -3.63. The number of nitrogens with zero attached hydrogens (tertiary/aromatic N) is 2. The highest BCUT2D eigenvalue weighted by Crippen LogP contribution is 2.37. The molecule has 4 nitrogen and oxygen atoms in total. The smallest absolute Gasteiger partial charge is 0.264 e. The van der Waals surface area contributed by atoms with E-state index < -0.39 is 10.0 Å². The van der Waals surface area contributed by atoms with Crippen molar-refractivity contribution in [1.29, 1.82) is 0 Å². The highest BCUT2D eigenvalue weighted by atomic mass is 32.2. The molecule has 1 aliphatic heterocycles. The van der Waals surface area contributed by atoms with Gasteiger partial charge >= 0.3 is 0 Å². The molecule has 0 aliphatic carbocycles. The van der Waals surface area contributed by atoms with Gasteiger partial charge in [-0.1, -0.05) is 42.5 Å². The molecule has 0 atom stereocenters. The van der Waals surface area contributed by atoms with Crippen LogP contribution in [0.5, 0.6) is 0 Å². The fraction of sp³-hybridized carbons (Fsp3) is 0.0870. The lowest BCUT2D eigenvalue weighted by atomic mass is 10.0. The number of pyridine rings is 1. The van der Waals surface area contributed by atoms with Gasteiger partial charge in [-0.25, -0.2) is 8.42 Å². The van der Waals surface area contributed by atoms with Crippen molar-refractivity contribution in [2.24, 2.45) is 0 Å². The van der Waals surface area contributed by atoms with Crippen LogP contribution in [-0.4, -0.2) is 19.9 Å². The van der Waals surface area contributed by atoms with E-state index in [0.29, 0.717) is 17.9 Å². The molecule has 2 heterocycles. The van der Waals surface area contributed by atoms with E-state index in [2.05, 4.69) is 11.1 Å².